The SMILES string of the molecule is CC(=O)Nc1cccc(NC(=O)CSc2nnc(-c3cc4c(s3)CCC(C(C)(C)C)C4)n2C)c1. The Balaban J connectivity index is 1.39. The number of benzene rings is 1. The van der Waals surface area contributed by atoms with Crippen LogP contribution in [0.3, 0.4) is 0 Å². The molecule has 0 aliphatic heterocycles. The summed E-state index contributed by atoms with van der Waals surface area (Å²) in [6.45, 7) is 8.44. The molecule has 2 amide bonds. The van der Waals surface area contributed by atoms with E-state index in [1.54, 1.807) is 24.3 Å². The number of amides is 2. The Bertz CT molecular complexity index is 1210. The molecule has 1 unspecified atom stereocenters. The highest BCUT2D eigenvalue weighted by Gasteiger charge is 2.30. The number of hydrogen-bond donors (Lipinski definition) is 2. The minimum atomic E-state index is -0.155. The number of aryl methyl sites for hydroxylation is 1. The van der Waals surface area contributed by atoms with Crippen LogP contribution in [-0.2, 0) is 29.5 Å². The first-order valence-electron chi connectivity index (χ1n) is 11.4. The van der Waals surface area contributed by atoms with Crippen molar-refractivity contribution in [3.63, 3.8) is 0 Å². The maximum atomic E-state index is 12.5. The molecule has 3 aromatic rings. The van der Waals surface area contributed by atoms with Crippen LogP contribution in [0.5, 0.6) is 0 Å². The van der Waals surface area contributed by atoms with Gasteiger partial charge < -0.3 is 15.2 Å². The minimum Gasteiger partial charge on any atom is -0.326 e. The van der Waals surface area contributed by atoms with Gasteiger partial charge >= 0.3 is 0 Å². The third-order valence-electron chi connectivity index (χ3n) is 6.16. The lowest BCUT2D eigenvalue weighted by Crippen LogP contribution is -2.26. The molecule has 0 fully saturated rings. The van der Waals surface area contributed by atoms with Crippen LogP contribution >= 0.6 is 23.1 Å². The summed E-state index contributed by atoms with van der Waals surface area (Å²) in [5, 5.41) is 15.0. The van der Waals surface area contributed by atoms with E-state index in [0.717, 1.165) is 23.5 Å². The van der Waals surface area contributed by atoms with Gasteiger partial charge in [-0.15, -0.1) is 21.5 Å². The highest BCUT2D eigenvalue weighted by Crippen LogP contribution is 2.42. The molecule has 7 nitrogen and oxygen atoms in total. The van der Waals surface area contributed by atoms with Crippen LogP contribution in [-0.4, -0.2) is 32.3 Å². The van der Waals surface area contributed by atoms with Crippen molar-refractivity contribution in [2.45, 2.75) is 52.1 Å². The molecule has 1 aromatic carbocycles. The van der Waals surface area contributed by atoms with Gasteiger partial charge in [0.1, 0.15) is 0 Å². The van der Waals surface area contributed by atoms with Gasteiger partial charge in [0.2, 0.25) is 11.8 Å². The largest absolute Gasteiger partial charge is 0.326 e. The van der Waals surface area contributed by atoms with E-state index in [1.807, 2.05) is 23.0 Å². The second kappa shape index (κ2) is 9.92. The van der Waals surface area contributed by atoms with Gasteiger partial charge in [-0.3, -0.25) is 9.59 Å². The molecular formula is C25H31N5O2S2. The maximum absolute atomic E-state index is 12.5. The van der Waals surface area contributed by atoms with E-state index in [0.29, 0.717) is 27.9 Å². The van der Waals surface area contributed by atoms with Crippen molar-refractivity contribution >= 4 is 46.3 Å². The molecule has 0 bridgehead atoms. The van der Waals surface area contributed by atoms with Gasteiger partial charge in [0.25, 0.3) is 0 Å². The summed E-state index contributed by atoms with van der Waals surface area (Å²) in [5.74, 6) is 1.46. The fourth-order valence-corrected chi connectivity index (χ4v) is 6.17. The summed E-state index contributed by atoms with van der Waals surface area (Å²) in [7, 11) is 1.95. The Kier molecular flexibility index (Phi) is 7.14. The molecule has 180 valence electrons. The third-order valence-corrected chi connectivity index (χ3v) is 8.42. The standard InChI is InChI=1S/C25H31N5O2S2/c1-15(31)26-18-7-6-8-19(13-18)27-22(32)14-33-24-29-28-23(30(24)5)21-12-16-11-17(25(2,3)4)9-10-20(16)34-21/h6-8,12-13,17H,9-11,14H2,1-5H3,(H,26,31)(H,27,32). The second-order valence-corrected chi connectivity index (χ2v) is 11.9. The molecule has 0 saturated heterocycles. The monoisotopic (exact) mass is 497 g/mol. The van der Waals surface area contributed by atoms with Gasteiger partial charge in [0.15, 0.2) is 11.0 Å². The number of carbonyl (C=O) groups is 2. The molecule has 1 aliphatic rings. The van der Waals surface area contributed by atoms with Crippen molar-refractivity contribution in [1.82, 2.24) is 14.8 Å². The van der Waals surface area contributed by atoms with Gasteiger partial charge in [-0.25, -0.2) is 0 Å². The number of thioether (sulfide) groups is 1. The number of carbonyl (C=O) groups excluding carboxylic acids is 2. The predicted octanol–water partition coefficient (Wildman–Crippen LogP) is 5.38. The van der Waals surface area contributed by atoms with Crippen molar-refractivity contribution in [2.24, 2.45) is 18.4 Å². The van der Waals surface area contributed by atoms with Crippen molar-refractivity contribution < 1.29 is 9.59 Å². The molecule has 0 spiro atoms. The van der Waals surface area contributed by atoms with Gasteiger partial charge in [-0.1, -0.05) is 38.6 Å². The summed E-state index contributed by atoms with van der Waals surface area (Å²) in [4.78, 5) is 26.3. The predicted molar refractivity (Wildman–Crippen MR) is 139 cm³/mol. The summed E-state index contributed by atoms with van der Waals surface area (Å²) >= 11 is 3.17. The summed E-state index contributed by atoms with van der Waals surface area (Å²) in [6.07, 6.45) is 3.49. The second-order valence-electron chi connectivity index (χ2n) is 9.83. The molecule has 34 heavy (non-hydrogen) atoms. The van der Waals surface area contributed by atoms with Gasteiger partial charge in [-0.2, -0.15) is 0 Å². The lowest BCUT2D eigenvalue weighted by atomic mass is 9.72. The van der Waals surface area contributed by atoms with Crippen LogP contribution in [0.4, 0.5) is 11.4 Å². The topological polar surface area (TPSA) is 88.9 Å². The Morgan fingerprint density at radius 2 is 1.91 bits per heavy atom. The molecule has 2 N–H and O–H groups in total. The summed E-state index contributed by atoms with van der Waals surface area (Å²) in [6, 6.07) is 9.36. The normalized spacial score (nSPS) is 15.6. The molecule has 9 heteroatoms. The number of thiophene rings is 1. The smallest absolute Gasteiger partial charge is 0.234 e. The van der Waals surface area contributed by atoms with Crippen LogP contribution in [0, 0.1) is 11.3 Å². The van der Waals surface area contributed by atoms with Crippen LogP contribution in [0.2, 0.25) is 0 Å². The molecule has 2 aromatic heterocycles. The average molecular weight is 498 g/mol. The first-order valence-corrected chi connectivity index (χ1v) is 13.2. The van der Waals surface area contributed by atoms with Crippen molar-refractivity contribution in [3.05, 3.63) is 40.8 Å². The Hall–Kier alpha value is -2.65. The van der Waals surface area contributed by atoms with Crippen molar-refractivity contribution in [1.29, 1.82) is 0 Å². The fourth-order valence-electron chi connectivity index (χ4n) is 4.23. The molecule has 1 aliphatic carbocycles. The van der Waals surface area contributed by atoms with E-state index in [2.05, 4.69) is 47.7 Å². The van der Waals surface area contributed by atoms with Gasteiger partial charge in [-0.05, 0) is 60.4 Å². The van der Waals surface area contributed by atoms with E-state index in [1.165, 1.54) is 35.5 Å². The number of anilines is 2. The summed E-state index contributed by atoms with van der Waals surface area (Å²) < 4.78 is 1.97. The zero-order chi connectivity index (χ0) is 24.5. The quantitative estimate of drug-likeness (QED) is 0.446. The first kappa shape index (κ1) is 24.5. The lowest BCUT2D eigenvalue weighted by molar-refractivity contribution is -0.114. The molecule has 4 rings (SSSR count). The van der Waals surface area contributed by atoms with E-state index in [4.69, 9.17) is 0 Å². The fraction of sp³-hybridized carbons (Fsp3) is 0.440. The van der Waals surface area contributed by atoms with Crippen LogP contribution in [0.1, 0.15) is 44.6 Å². The molecule has 0 radical (unpaired) electrons. The number of nitrogens with zero attached hydrogens (tertiary/aromatic N) is 3. The lowest BCUT2D eigenvalue weighted by Gasteiger charge is -2.33. The van der Waals surface area contributed by atoms with Gasteiger partial charge in [0.05, 0.1) is 10.6 Å². The minimum absolute atomic E-state index is 0.144. The first-order chi connectivity index (χ1) is 16.1. The average Bonchev–Trinajstić information content (AvgIpc) is 3.33. The number of nitrogens with one attached hydrogen (secondary N) is 2. The maximum Gasteiger partial charge on any atom is 0.234 e. The third kappa shape index (κ3) is 5.70. The van der Waals surface area contributed by atoms with Crippen LogP contribution in [0.25, 0.3) is 10.7 Å². The molecule has 1 atom stereocenters. The number of hydrogen-bond acceptors (Lipinski definition) is 6. The molecular weight excluding hydrogens is 466 g/mol. The van der Waals surface area contributed by atoms with Crippen LogP contribution in [0.15, 0.2) is 35.5 Å². The van der Waals surface area contributed by atoms with Gasteiger partial charge in [0, 0.05) is 30.2 Å². The highest BCUT2D eigenvalue weighted by molar-refractivity contribution is 7.99. The summed E-state index contributed by atoms with van der Waals surface area (Å²) in [5.41, 5.74) is 3.04. The zero-order valence-corrected chi connectivity index (χ0v) is 21.9. The van der Waals surface area contributed by atoms with E-state index < -0.39 is 0 Å². The Labute approximate surface area is 208 Å². The molecule has 2 heterocycles. The number of fused-ring (bicyclic) bond motifs is 1. The van der Waals surface area contributed by atoms with Crippen LogP contribution < -0.4 is 10.6 Å². The Morgan fingerprint density at radius 3 is 2.62 bits per heavy atom. The van der Waals surface area contributed by atoms with Crippen molar-refractivity contribution in [2.75, 3.05) is 16.4 Å². The van der Waals surface area contributed by atoms with Crippen molar-refractivity contribution in [3.8, 4) is 10.7 Å². The van der Waals surface area contributed by atoms with E-state index >= 15 is 0 Å². The number of rotatable bonds is 6. The molecule has 0 saturated carbocycles. The number of aromatic nitrogens is 3. The highest BCUT2D eigenvalue weighted by atomic mass is 32.2. The zero-order valence-electron chi connectivity index (χ0n) is 20.3. The van der Waals surface area contributed by atoms with E-state index in [9.17, 15) is 9.59 Å². The Morgan fingerprint density at radius 1 is 1.18 bits per heavy atom. The van der Waals surface area contributed by atoms with E-state index in [-0.39, 0.29) is 17.6 Å².